The maximum atomic E-state index is 13.0. The zero-order valence-electron chi connectivity index (χ0n) is 11.0. The number of esters is 1. The zero-order valence-corrected chi connectivity index (χ0v) is 11.0. The molecule has 1 aromatic heterocycles. The second-order valence-corrected chi connectivity index (χ2v) is 4.54. The van der Waals surface area contributed by atoms with Crippen LogP contribution in [0.15, 0.2) is 18.3 Å². The van der Waals surface area contributed by atoms with Crippen molar-refractivity contribution in [2.75, 3.05) is 18.1 Å². The maximum absolute atomic E-state index is 13.0. The van der Waals surface area contributed by atoms with Crippen molar-refractivity contribution in [1.29, 1.82) is 0 Å². The molecule has 110 valence electrons. The number of nitrogens with zero attached hydrogens (tertiary/aromatic N) is 2. The average Bonchev–Trinajstić information content (AvgIpc) is 3.19. The van der Waals surface area contributed by atoms with E-state index in [0.29, 0.717) is 0 Å². The summed E-state index contributed by atoms with van der Waals surface area (Å²) in [4.78, 5) is 16.8. The quantitative estimate of drug-likeness (QED) is 0.781. The molecule has 1 heterocycles. The van der Waals surface area contributed by atoms with Gasteiger partial charge in [-0.15, -0.1) is 0 Å². The Morgan fingerprint density at radius 2 is 2.20 bits per heavy atom. The lowest BCUT2D eigenvalue weighted by Gasteiger charge is -2.25. The normalized spacial score (nSPS) is 15.0. The zero-order chi connectivity index (χ0) is 14.8. The molecule has 0 unspecified atom stereocenters. The minimum atomic E-state index is -4.49. The number of pyridine rings is 1. The van der Waals surface area contributed by atoms with Crippen LogP contribution in [0.2, 0.25) is 0 Å². The van der Waals surface area contributed by atoms with Crippen LogP contribution in [0.3, 0.4) is 0 Å². The molecule has 0 atom stereocenters. The smallest absolute Gasteiger partial charge is 0.419 e. The van der Waals surface area contributed by atoms with Crippen molar-refractivity contribution in [2.24, 2.45) is 0 Å². The number of ether oxygens (including phenoxy) is 1. The number of anilines is 1. The Labute approximate surface area is 114 Å². The largest absolute Gasteiger partial charge is 0.465 e. The molecule has 1 aromatic rings. The van der Waals surface area contributed by atoms with Gasteiger partial charge in [0.25, 0.3) is 0 Å². The van der Waals surface area contributed by atoms with Gasteiger partial charge in [0.15, 0.2) is 0 Å². The molecule has 0 aromatic carbocycles. The van der Waals surface area contributed by atoms with Crippen molar-refractivity contribution in [3.05, 3.63) is 23.9 Å². The van der Waals surface area contributed by atoms with Crippen LogP contribution in [0.5, 0.6) is 0 Å². The van der Waals surface area contributed by atoms with Gasteiger partial charge in [0, 0.05) is 12.2 Å². The van der Waals surface area contributed by atoms with Crippen molar-refractivity contribution in [1.82, 2.24) is 4.98 Å². The molecule has 7 heteroatoms. The van der Waals surface area contributed by atoms with Gasteiger partial charge in [0.05, 0.1) is 12.2 Å². The van der Waals surface area contributed by atoms with Crippen LogP contribution in [0, 0.1) is 0 Å². The summed E-state index contributed by atoms with van der Waals surface area (Å²) in [6, 6.07) is 2.14. The molecule has 0 bridgehead atoms. The molecular weight excluding hydrogens is 273 g/mol. The topological polar surface area (TPSA) is 42.4 Å². The van der Waals surface area contributed by atoms with Gasteiger partial charge in [-0.3, -0.25) is 4.79 Å². The van der Waals surface area contributed by atoms with Crippen LogP contribution in [0.25, 0.3) is 0 Å². The Morgan fingerprint density at radius 3 is 2.75 bits per heavy atom. The van der Waals surface area contributed by atoms with E-state index in [2.05, 4.69) is 4.98 Å². The van der Waals surface area contributed by atoms with Crippen molar-refractivity contribution >= 4 is 11.8 Å². The van der Waals surface area contributed by atoms with E-state index in [1.807, 2.05) is 0 Å². The fourth-order valence-corrected chi connectivity index (χ4v) is 1.96. The van der Waals surface area contributed by atoms with Crippen LogP contribution >= 0.6 is 0 Å². The summed E-state index contributed by atoms with van der Waals surface area (Å²) < 4.78 is 43.8. The number of carbonyl (C=O) groups is 1. The molecule has 4 nitrogen and oxygen atoms in total. The summed E-state index contributed by atoms with van der Waals surface area (Å²) in [5.74, 6) is -0.742. The number of carbonyl (C=O) groups excluding carboxylic acids is 1. The lowest BCUT2D eigenvalue weighted by molar-refractivity contribution is -0.142. The Bertz CT molecular complexity index is 487. The van der Waals surface area contributed by atoms with Gasteiger partial charge in [0.2, 0.25) is 0 Å². The minimum Gasteiger partial charge on any atom is -0.465 e. The van der Waals surface area contributed by atoms with Crippen molar-refractivity contribution in [3.8, 4) is 0 Å². The van der Waals surface area contributed by atoms with Crippen molar-refractivity contribution < 1.29 is 22.7 Å². The van der Waals surface area contributed by atoms with E-state index in [4.69, 9.17) is 4.74 Å². The summed E-state index contributed by atoms with van der Waals surface area (Å²) in [6.07, 6.45) is -1.68. The highest BCUT2D eigenvalue weighted by molar-refractivity contribution is 5.76. The first-order chi connectivity index (χ1) is 9.43. The Kier molecular flexibility index (Phi) is 4.15. The van der Waals surface area contributed by atoms with Gasteiger partial charge in [-0.05, 0) is 31.9 Å². The van der Waals surface area contributed by atoms with E-state index >= 15 is 0 Å². The second-order valence-electron chi connectivity index (χ2n) is 4.54. The first-order valence-corrected chi connectivity index (χ1v) is 6.38. The Hall–Kier alpha value is -1.79. The third-order valence-corrected chi connectivity index (χ3v) is 2.96. The molecule has 0 saturated heterocycles. The first kappa shape index (κ1) is 14.6. The summed E-state index contributed by atoms with van der Waals surface area (Å²) in [5, 5.41) is 0. The van der Waals surface area contributed by atoms with Gasteiger partial charge in [0.1, 0.15) is 12.4 Å². The van der Waals surface area contributed by atoms with Crippen molar-refractivity contribution in [3.63, 3.8) is 0 Å². The third-order valence-electron chi connectivity index (χ3n) is 2.96. The van der Waals surface area contributed by atoms with Crippen molar-refractivity contribution in [2.45, 2.75) is 32.0 Å². The molecule has 0 radical (unpaired) electrons. The number of rotatable bonds is 5. The number of aromatic nitrogens is 1. The fourth-order valence-electron chi connectivity index (χ4n) is 1.96. The molecule has 20 heavy (non-hydrogen) atoms. The van der Waals surface area contributed by atoms with E-state index in [-0.39, 0.29) is 25.0 Å². The van der Waals surface area contributed by atoms with Gasteiger partial charge in [-0.25, -0.2) is 4.98 Å². The summed E-state index contributed by atoms with van der Waals surface area (Å²) >= 11 is 0. The average molecular weight is 288 g/mol. The third kappa shape index (κ3) is 3.40. The lowest BCUT2D eigenvalue weighted by Crippen LogP contribution is -2.35. The molecule has 2 rings (SSSR count). The highest BCUT2D eigenvalue weighted by atomic mass is 19.4. The SMILES string of the molecule is CCOC(=O)CN(c1ncccc1C(F)(F)F)C1CC1. The fraction of sp³-hybridized carbons (Fsp3) is 0.538. The number of alkyl halides is 3. The predicted molar refractivity (Wildman–Crippen MR) is 66.2 cm³/mol. The number of hydrogen-bond donors (Lipinski definition) is 0. The Morgan fingerprint density at radius 1 is 1.50 bits per heavy atom. The molecule has 1 fully saturated rings. The number of halogens is 3. The molecule has 1 aliphatic rings. The van der Waals surface area contributed by atoms with Gasteiger partial charge in [-0.2, -0.15) is 13.2 Å². The monoisotopic (exact) mass is 288 g/mol. The molecule has 0 amide bonds. The summed E-state index contributed by atoms with van der Waals surface area (Å²) in [5.41, 5.74) is -0.823. The number of hydrogen-bond acceptors (Lipinski definition) is 4. The standard InChI is InChI=1S/C13H15F3N2O2/c1-2-20-11(19)8-18(9-5-6-9)12-10(13(14,15)16)4-3-7-17-12/h3-4,7,9H,2,5-6,8H2,1H3. The van der Waals surface area contributed by atoms with E-state index in [9.17, 15) is 18.0 Å². The van der Waals surface area contributed by atoms with E-state index in [1.54, 1.807) is 6.92 Å². The summed E-state index contributed by atoms with van der Waals surface area (Å²) in [7, 11) is 0. The van der Waals surface area contributed by atoms with Crippen LogP contribution in [0.1, 0.15) is 25.3 Å². The van der Waals surface area contributed by atoms with Crippen LogP contribution in [-0.2, 0) is 15.7 Å². The van der Waals surface area contributed by atoms with Gasteiger partial charge in [-0.1, -0.05) is 0 Å². The highest BCUT2D eigenvalue weighted by Gasteiger charge is 2.40. The van der Waals surface area contributed by atoms with Crippen LogP contribution < -0.4 is 4.90 Å². The minimum absolute atomic E-state index is 0.0737. The van der Waals surface area contributed by atoms with Gasteiger partial charge >= 0.3 is 12.1 Å². The molecule has 1 saturated carbocycles. The van der Waals surface area contributed by atoms with E-state index < -0.39 is 17.7 Å². The molecule has 0 aliphatic heterocycles. The molecule has 0 spiro atoms. The lowest BCUT2D eigenvalue weighted by atomic mass is 10.2. The highest BCUT2D eigenvalue weighted by Crippen LogP contribution is 2.39. The van der Waals surface area contributed by atoms with Crippen LogP contribution in [-0.4, -0.2) is 30.1 Å². The maximum Gasteiger partial charge on any atom is 0.419 e. The van der Waals surface area contributed by atoms with E-state index in [1.165, 1.54) is 17.2 Å². The van der Waals surface area contributed by atoms with Crippen LogP contribution in [0.4, 0.5) is 19.0 Å². The Balaban J connectivity index is 2.28. The predicted octanol–water partition coefficient (Wildman–Crippen LogP) is 2.63. The van der Waals surface area contributed by atoms with E-state index in [0.717, 1.165) is 18.9 Å². The molecular formula is C13H15F3N2O2. The first-order valence-electron chi connectivity index (χ1n) is 6.38. The summed E-state index contributed by atoms with van der Waals surface area (Å²) in [6.45, 7) is 1.64. The van der Waals surface area contributed by atoms with Gasteiger partial charge < -0.3 is 9.64 Å². The second kappa shape index (κ2) is 5.68. The molecule has 0 N–H and O–H groups in total. The molecule has 1 aliphatic carbocycles.